The van der Waals surface area contributed by atoms with E-state index in [0.29, 0.717) is 8.69 Å². The van der Waals surface area contributed by atoms with Crippen molar-refractivity contribution in [2.45, 2.75) is 12.6 Å². The van der Waals surface area contributed by atoms with E-state index >= 15 is 0 Å². The van der Waals surface area contributed by atoms with Crippen molar-refractivity contribution in [1.82, 2.24) is 4.90 Å². The standard InChI is InChI=1S/C11H11BrF3NO3S/c1-19-9(17)4-5-16(6-11(13,14)15)10(18)7-2-3-8(12)20-7/h2-3H,4-6H2,1H3. The molecule has 1 heterocycles. The van der Waals surface area contributed by atoms with Crippen LogP contribution in [0.2, 0.25) is 0 Å². The SMILES string of the molecule is COC(=O)CCN(CC(F)(F)F)C(=O)c1ccc(Br)s1. The normalized spacial score (nSPS) is 11.2. The van der Waals surface area contributed by atoms with Crippen molar-refractivity contribution in [2.24, 2.45) is 0 Å². The maximum absolute atomic E-state index is 12.5. The van der Waals surface area contributed by atoms with Crippen LogP contribution < -0.4 is 0 Å². The molecular formula is C11H11BrF3NO3S. The third-order valence-corrected chi connectivity index (χ3v) is 3.87. The number of hydrogen-bond acceptors (Lipinski definition) is 4. The molecule has 0 radical (unpaired) electrons. The predicted octanol–water partition coefficient (Wildman–Crippen LogP) is 3.08. The van der Waals surface area contributed by atoms with Crippen LogP contribution >= 0.6 is 27.3 Å². The van der Waals surface area contributed by atoms with Crippen LogP contribution in [0.4, 0.5) is 13.2 Å². The van der Waals surface area contributed by atoms with E-state index in [9.17, 15) is 22.8 Å². The fourth-order valence-corrected chi connectivity index (χ4v) is 2.74. The second-order valence-corrected chi connectivity index (χ2v) is 6.23. The van der Waals surface area contributed by atoms with Gasteiger partial charge in [-0.3, -0.25) is 9.59 Å². The average Bonchev–Trinajstić information content (AvgIpc) is 2.78. The number of amides is 1. The third-order valence-electron chi connectivity index (χ3n) is 2.25. The van der Waals surface area contributed by atoms with Crippen LogP contribution in [0.1, 0.15) is 16.1 Å². The number of halogens is 4. The molecule has 1 rings (SSSR count). The molecule has 20 heavy (non-hydrogen) atoms. The van der Waals surface area contributed by atoms with Crippen molar-refractivity contribution in [3.05, 3.63) is 20.8 Å². The Hall–Kier alpha value is -1.09. The Morgan fingerprint density at radius 2 is 2.05 bits per heavy atom. The topological polar surface area (TPSA) is 46.6 Å². The molecule has 0 aliphatic heterocycles. The highest BCUT2D eigenvalue weighted by Gasteiger charge is 2.33. The molecule has 0 saturated heterocycles. The van der Waals surface area contributed by atoms with Crippen molar-refractivity contribution in [3.63, 3.8) is 0 Å². The van der Waals surface area contributed by atoms with Gasteiger partial charge in [0.05, 0.1) is 22.2 Å². The number of ether oxygens (including phenoxy) is 1. The average molecular weight is 374 g/mol. The highest BCUT2D eigenvalue weighted by atomic mass is 79.9. The van der Waals surface area contributed by atoms with Gasteiger partial charge in [0.1, 0.15) is 6.54 Å². The van der Waals surface area contributed by atoms with Crippen molar-refractivity contribution >= 4 is 39.1 Å². The smallest absolute Gasteiger partial charge is 0.406 e. The van der Waals surface area contributed by atoms with Gasteiger partial charge in [0.2, 0.25) is 0 Å². The summed E-state index contributed by atoms with van der Waals surface area (Å²) in [5, 5.41) is 0. The lowest BCUT2D eigenvalue weighted by Gasteiger charge is -2.22. The maximum atomic E-state index is 12.5. The number of methoxy groups -OCH3 is 1. The molecule has 0 bridgehead atoms. The number of alkyl halides is 3. The lowest BCUT2D eigenvalue weighted by molar-refractivity contribution is -0.146. The number of esters is 1. The second-order valence-electron chi connectivity index (χ2n) is 3.77. The number of hydrogen-bond donors (Lipinski definition) is 0. The molecule has 0 aliphatic carbocycles. The van der Waals surface area contributed by atoms with Crippen LogP contribution in [0, 0.1) is 0 Å². The van der Waals surface area contributed by atoms with Gasteiger partial charge in [-0.25, -0.2) is 0 Å². The first-order valence-electron chi connectivity index (χ1n) is 5.41. The summed E-state index contributed by atoms with van der Waals surface area (Å²) in [6.45, 7) is -1.75. The summed E-state index contributed by atoms with van der Waals surface area (Å²) in [6, 6.07) is 3.00. The molecule has 0 aromatic carbocycles. The molecule has 1 aromatic heterocycles. The molecule has 1 amide bonds. The largest absolute Gasteiger partial charge is 0.469 e. The van der Waals surface area contributed by atoms with E-state index in [2.05, 4.69) is 20.7 Å². The Bertz CT molecular complexity index is 490. The molecule has 0 unspecified atom stereocenters. The number of carbonyl (C=O) groups excluding carboxylic acids is 2. The Labute approximate surface area is 125 Å². The van der Waals surface area contributed by atoms with Gasteiger partial charge in [0.15, 0.2) is 0 Å². The highest BCUT2D eigenvalue weighted by molar-refractivity contribution is 9.11. The van der Waals surface area contributed by atoms with E-state index < -0.39 is 24.6 Å². The first-order chi connectivity index (χ1) is 9.23. The van der Waals surface area contributed by atoms with Crippen molar-refractivity contribution in [1.29, 1.82) is 0 Å². The lowest BCUT2D eigenvalue weighted by Crippen LogP contribution is -2.40. The van der Waals surface area contributed by atoms with Crippen molar-refractivity contribution in [3.8, 4) is 0 Å². The molecule has 4 nitrogen and oxygen atoms in total. The summed E-state index contributed by atoms with van der Waals surface area (Å²) >= 11 is 4.17. The maximum Gasteiger partial charge on any atom is 0.406 e. The number of carbonyl (C=O) groups is 2. The van der Waals surface area contributed by atoms with Crippen LogP contribution in [0.25, 0.3) is 0 Å². The zero-order valence-electron chi connectivity index (χ0n) is 10.4. The summed E-state index contributed by atoms with van der Waals surface area (Å²) in [4.78, 5) is 23.8. The van der Waals surface area contributed by atoms with Crippen LogP contribution in [0.3, 0.4) is 0 Å². The molecule has 0 N–H and O–H groups in total. The van der Waals surface area contributed by atoms with Gasteiger partial charge in [-0.05, 0) is 28.1 Å². The van der Waals surface area contributed by atoms with Gasteiger partial charge in [-0.1, -0.05) is 0 Å². The molecule has 1 aromatic rings. The molecule has 0 atom stereocenters. The summed E-state index contributed by atoms with van der Waals surface area (Å²) in [6.07, 6.45) is -4.81. The highest BCUT2D eigenvalue weighted by Crippen LogP contribution is 2.25. The summed E-state index contributed by atoms with van der Waals surface area (Å²) < 4.78 is 42.4. The van der Waals surface area contributed by atoms with Crippen molar-refractivity contribution in [2.75, 3.05) is 20.2 Å². The quantitative estimate of drug-likeness (QED) is 0.745. The molecule has 0 fully saturated rings. The number of rotatable bonds is 5. The minimum atomic E-state index is -4.53. The summed E-state index contributed by atoms with van der Waals surface area (Å²) in [5.41, 5.74) is 0. The van der Waals surface area contributed by atoms with Gasteiger partial charge in [0, 0.05) is 6.54 Å². The van der Waals surface area contributed by atoms with Gasteiger partial charge in [-0.2, -0.15) is 13.2 Å². The van der Waals surface area contributed by atoms with Crippen LogP contribution in [-0.4, -0.2) is 43.2 Å². The number of thiophene rings is 1. The molecule has 0 spiro atoms. The molecule has 112 valence electrons. The van der Waals surface area contributed by atoms with Gasteiger partial charge in [-0.15, -0.1) is 11.3 Å². The summed E-state index contributed by atoms with van der Waals surface area (Å²) in [7, 11) is 1.13. The van der Waals surface area contributed by atoms with Crippen LogP contribution in [-0.2, 0) is 9.53 Å². The zero-order valence-corrected chi connectivity index (χ0v) is 12.8. The molecule has 0 aliphatic rings. The van der Waals surface area contributed by atoms with Gasteiger partial charge >= 0.3 is 12.1 Å². The Balaban J connectivity index is 2.80. The fourth-order valence-electron chi connectivity index (χ4n) is 1.38. The van der Waals surface area contributed by atoms with E-state index in [0.717, 1.165) is 18.4 Å². The molecule has 9 heteroatoms. The first kappa shape index (κ1) is 17.0. The van der Waals surface area contributed by atoms with Gasteiger partial charge < -0.3 is 9.64 Å². The second kappa shape index (κ2) is 7.07. The van der Waals surface area contributed by atoms with Gasteiger partial charge in [0.25, 0.3) is 5.91 Å². The van der Waals surface area contributed by atoms with E-state index in [4.69, 9.17) is 0 Å². The monoisotopic (exact) mass is 373 g/mol. The van der Waals surface area contributed by atoms with E-state index in [1.165, 1.54) is 6.07 Å². The molecular weight excluding hydrogens is 363 g/mol. The lowest BCUT2D eigenvalue weighted by atomic mass is 10.3. The number of nitrogens with zero attached hydrogens (tertiary/aromatic N) is 1. The Morgan fingerprint density at radius 3 is 2.50 bits per heavy atom. The predicted molar refractivity (Wildman–Crippen MR) is 70.6 cm³/mol. The van der Waals surface area contributed by atoms with Crippen LogP contribution in [0.5, 0.6) is 0 Å². The minimum absolute atomic E-state index is 0.172. The molecule has 0 saturated carbocycles. The van der Waals surface area contributed by atoms with E-state index in [-0.39, 0.29) is 17.8 Å². The van der Waals surface area contributed by atoms with Crippen LogP contribution in [0.15, 0.2) is 15.9 Å². The van der Waals surface area contributed by atoms with E-state index in [1.807, 2.05) is 0 Å². The minimum Gasteiger partial charge on any atom is -0.469 e. The fraction of sp³-hybridized carbons (Fsp3) is 0.455. The first-order valence-corrected chi connectivity index (χ1v) is 7.02. The Kier molecular flexibility index (Phi) is 6.00. The zero-order chi connectivity index (χ0) is 15.3. The summed E-state index contributed by atoms with van der Waals surface area (Å²) in [5.74, 6) is -1.43. The van der Waals surface area contributed by atoms with Crippen molar-refractivity contribution < 1.29 is 27.5 Å². The Morgan fingerprint density at radius 1 is 1.40 bits per heavy atom. The third kappa shape index (κ3) is 5.49. The van der Waals surface area contributed by atoms with E-state index in [1.54, 1.807) is 6.07 Å².